The van der Waals surface area contributed by atoms with E-state index in [2.05, 4.69) is 17.1 Å². The van der Waals surface area contributed by atoms with Gasteiger partial charge >= 0.3 is 0 Å². The van der Waals surface area contributed by atoms with E-state index in [1.54, 1.807) is 0 Å². The molecule has 2 nitrogen and oxygen atoms in total. The van der Waals surface area contributed by atoms with Crippen LogP contribution in [0.2, 0.25) is 0 Å². The average Bonchev–Trinajstić information content (AvgIpc) is 2.74. The summed E-state index contributed by atoms with van der Waals surface area (Å²) in [6.45, 7) is 0. The Balaban J connectivity index is 1.84. The lowest BCUT2D eigenvalue weighted by Gasteiger charge is -2.21. The van der Waals surface area contributed by atoms with E-state index in [0.717, 1.165) is 11.5 Å². The molecule has 0 spiro atoms. The highest BCUT2D eigenvalue weighted by molar-refractivity contribution is 5.95. The van der Waals surface area contributed by atoms with E-state index < -0.39 is 0 Å². The summed E-state index contributed by atoms with van der Waals surface area (Å²) in [5, 5.41) is 0. The largest absolute Gasteiger partial charge is 0.472 e. The number of benzene rings is 1. The van der Waals surface area contributed by atoms with E-state index in [-0.39, 0.29) is 0 Å². The monoisotopic (exact) mass is 201 g/mol. The molecule has 1 heterocycles. The number of nitrogens with zero attached hydrogens (tertiary/aromatic N) is 1. The molecule has 78 valence electrons. The highest BCUT2D eigenvalue weighted by Gasteiger charge is 2.33. The van der Waals surface area contributed by atoms with E-state index in [1.807, 2.05) is 18.2 Å². The lowest BCUT2D eigenvalue weighted by Crippen LogP contribution is -2.26. The molecule has 2 atom stereocenters. The van der Waals surface area contributed by atoms with Crippen LogP contribution in [-0.4, -0.2) is 18.0 Å². The minimum atomic E-state index is 0.356. The fourth-order valence-corrected chi connectivity index (χ4v) is 2.41. The zero-order valence-electron chi connectivity index (χ0n) is 8.73. The summed E-state index contributed by atoms with van der Waals surface area (Å²) in [6.07, 6.45) is 5.31. The van der Waals surface area contributed by atoms with Gasteiger partial charge in [-0.3, -0.25) is 0 Å². The Morgan fingerprint density at radius 1 is 1.07 bits per heavy atom. The Morgan fingerprint density at radius 3 is 2.67 bits per heavy atom. The van der Waals surface area contributed by atoms with E-state index in [1.165, 1.54) is 25.7 Å². The smallest absolute Gasteiger partial charge is 0.216 e. The van der Waals surface area contributed by atoms with Crippen LogP contribution in [0.5, 0.6) is 0 Å². The molecule has 0 aromatic heterocycles. The van der Waals surface area contributed by atoms with Crippen molar-refractivity contribution in [3.63, 3.8) is 0 Å². The van der Waals surface area contributed by atoms with E-state index in [9.17, 15) is 0 Å². The number of ether oxygens (including phenoxy) is 1. The minimum Gasteiger partial charge on any atom is -0.472 e. The molecule has 2 heteroatoms. The SMILES string of the molecule is c1ccc(C2=N[C@@H]3CCCC[C@@H]3O2)cc1. The molecule has 0 saturated heterocycles. The van der Waals surface area contributed by atoms with Crippen LogP contribution in [0.25, 0.3) is 0 Å². The third-order valence-corrected chi connectivity index (χ3v) is 3.23. The van der Waals surface area contributed by atoms with Crippen LogP contribution in [0.1, 0.15) is 31.2 Å². The standard InChI is InChI=1S/C13H15NO/c1-2-6-10(7-3-1)13-14-11-8-4-5-9-12(11)15-13/h1-3,6-7,11-12H,4-5,8-9H2/t11-,12+/m1/s1. The molecule has 3 rings (SSSR count). The molecule has 0 unspecified atom stereocenters. The first-order chi connectivity index (χ1) is 7.43. The number of aliphatic imine (C=N–C) groups is 1. The highest BCUT2D eigenvalue weighted by Crippen LogP contribution is 2.29. The summed E-state index contributed by atoms with van der Waals surface area (Å²) in [7, 11) is 0. The Bertz CT molecular complexity index is 371. The molecule has 2 aliphatic rings. The Morgan fingerprint density at radius 2 is 1.87 bits per heavy atom. The van der Waals surface area contributed by atoms with Crippen molar-refractivity contribution in [2.75, 3.05) is 0 Å². The first kappa shape index (κ1) is 8.96. The summed E-state index contributed by atoms with van der Waals surface area (Å²) in [5.74, 6) is 0.854. The number of fused-ring (bicyclic) bond motifs is 1. The van der Waals surface area contributed by atoms with Gasteiger partial charge in [-0.2, -0.15) is 0 Å². The van der Waals surface area contributed by atoms with Crippen LogP contribution >= 0.6 is 0 Å². The lowest BCUT2D eigenvalue weighted by molar-refractivity contribution is 0.153. The second-order valence-electron chi connectivity index (χ2n) is 4.31. The van der Waals surface area contributed by atoms with Gasteiger partial charge in [0.05, 0.1) is 6.04 Å². The van der Waals surface area contributed by atoms with Crippen LogP contribution in [-0.2, 0) is 4.74 Å². The van der Waals surface area contributed by atoms with Crippen molar-refractivity contribution in [1.82, 2.24) is 0 Å². The predicted octanol–water partition coefficient (Wildman–Crippen LogP) is 2.77. The molecule has 1 saturated carbocycles. The molecule has 0 radical (unpaired) electrons. The fourth-order valence-electron chi connectivity index (χ4n) is 2.41. The zero-order valence-corrected chi connectivity index (χ0v) is 8.73. The molecule has 1 aliphatic carbocycles. The Kier molecular flexibility index (Phi) is 2.20. The van der Waals surface area contributed by atoms with Gasteiger partial charge in [0.25, 0.3) is 0 Å². The predicted molar refractivity (Wildman–Crippen MR) is 60.1 cm³/mol. The number of rotatable bonds is 1. The third-order valence-electron chi connectivity index (χ3n) is 3.23. The highest BCUT2D eigenvalue weighted by atomic mass is 16.5. The molecule has 0 amide bonds. The van der Waals surface area contributed by atoms with Crippen molar-refractivity contribution in [3.8, 4) is 0 Å². The summed E-state index contributed by atoms with van der Waals surface area (Å²) < 4.78 is 5.90. The molecule has 1 aromatic rings. The van der Waals surface area contributed by atoms with Gasteiger partial charge in [-0.25, -0.2) is 4.99 Å². The van der Waals surface area contributed by atoms with Gasteiger partial charge in [0.1, 0.15) is 6.10 Å². The molecule has 15 heavy (non-hydrogen) atoms. The molecule has 1 aliphatic heterocycles. The summed E-state index contributed by atoms with van der Waals surface area (Å²) in [5.41, 5.74) is 1.12. The lowest BCUT2D eigenvalue weighted by atomic mass is 9.94. The van der Waals surface area contributed by atoms with Gasteiger partial charge < -0.3 is 4.74 Å². The van der Waals surface area contributed by atoms with Gasteiger partial charge in [0.2, 0.25) is 5.90 Å². The van der Waals surface area contributed by atoms with Crippen molar-refractivity contribution < 1.29 is 4.74 Å². The van der Waals surface area contributed by atoms with Gasteiger partial charge in [-0.15, -0.1) is 0 Å². The van der Waals surface area contributed by atoms with Crippen molar-refractivity contribution >= 4 is 5.90 Å². The Hall–Kier alpha value is -1.31. The van der Waals surface area contributed by atoms with E-state index in [4.69, 9.17) is 4.74 Å². The van der Waals surface area contributed by atoms with Crippen molar-refractivity contribution in [2.45, 2.75) is 37.8 Å². The molecular formula is C13H15NO. The average molecular weight is 201 g/mol. The maximum absolute atomic E-state index is 5.90. The van der Waals surface area contributed by atoms with E-state index in [0.29, 0.717) is 12.1 Å². The Labute approximate surface area is 90.0 Å². The van der Waals surface area contributed by atoms with Crippen molar-refractivity contribution in [1.29, 1.82) is 0 Å². The van der Waals surface area contributed by atoms with Gasteiger partial charge in [-0.1, -0.05) is 24.6 Å². The molecule has 1 aromatic carbocycles. The number of hydrogen-bond donors (Lipinski definition) is 0. The molecular weight excluding hydrogens is 186 g/mol. The summed E-state index contributed by atoms with van der Waals surface area (Å²) >= 11 is 0. The van der Waals surface area contributed by atoms with Crippen LogP contribution in [0.4, 0.5) is 0 Å². The zero-order chi connectivity index (χ0) is 10.1. The third kappa shape index (κ3) is 1.65. The normalized spacial score (nSPS) is 29.2. The fraction of sp³-hybridized carbons (Fsp3) is 0.462. The first-order valence-corrected chi connectivity index (χ1v) is 5.73. The van der Waals surface area contributed by atoms with Crippen LogP contribution in [0.3, 0.4) is 0 Å². The maximum Gasteiger partial charge on any atom is 0.216 e. The van der Waals surface area contributed by atoms with Crippen LogP contribution in [0, 0.1) is 0 Å². The van der Waals surface area contributed by atoms with Crippen LogP contribution < -0.4 is 0 Å². The first-order valence-electron chi connectivity index (χ1n) is 5.73. The van der Waals surface area contributed by atoms with Crippen molar-refractivity contribution in [2.24, 2.45) is 4.99 Å². The summed E-state index contributed by atoms with van der Waals surface area (Å²) in [6, 6.07) is 10.6. The minimum absolute atomic E-state index is 0.356. The topological polar surface area (TPSA) is 21.6 Å². The van der Waals surface area contributed by atoms with E-state index >= 15 is 0 Å². The summed E-state index contributed by atoms with van der Waals surface area (Å²) in [4.78, 5) is 4.67. The van der Waals surface area contributed by atoms with Gasteiger partial charge in [0.15, 0.2) is 0 Å². The van der Waals surface area contributed by atoms with Crippen molar-refractivity contribution in [3.05, 3.63) is 35.9 Å². The second-order valence-corrected chi connectivity index (χ2v) is 4.31. The molecule has 1 fully saturated rings. The number of hydrogen-bond acceptors (Lipinski definition) is 2. The van der Waals surface area contributed by atoms with Gasteiger partial charge in [-0.05, 0) is 31.4 Å². The molecule has 0 bridgehead atoms. The quantitative estimate of drug-likeness (QED) is 0.684. The molecule has 0 N–H and O–H groups in total. The van der Waals surface area contributed by atoms with Gasteiger partial charge in [0, 0.05) is 5.56 Å². The van der Waals surface area contributed by atoms with Crippen LogP contribution in [0.15, 0.2) is 35.3 Å². The maximum atomic E-state index is 5.90. The second kappa shape index (κ2) is 3.69.